The minimum atomic E-state index is -0.0612. The van der Waals surface area contributed by atoms with Crippen molar-refractivity contribution in [1.82, 2.24) is 10.3 Å². The topological polar surface area (TPSA) is 54.1 Å². The van der Waals surface area contributed by atoms with Crippen molar-refractivity contribution in [3.63, 3.8) is 0 Å². The van der Waals surface area contributed by atoms with Gasteiger partial charge in [0, 0.05) is 22.7 Å². The summed E-state index contributed by atoms with van der Waals surface area (Å²) in [5.74, 6) is 0.870. The Bertz CT molecular complexity index is 838. The molecule has 4 rings (SSSR count). The van der Waals surface area contributed by atoms with Crippen LogP contribution in [0, 0.1) is 0 Å². The lowest BCUT2D eigenvalue weighted by Crippen LogP contribution is -2.30. The van der Waals surface area contributed by atoms with Gasteiger partial charge < -0.3 is 15.0 Å². The van der Waals surface area contributed by atoms with Crippen molar-refractivity contribution in [2.24, 2.45) is 0 Å². The first-order valence-corrected chi connectivity index (χ1v) is 7.37. The lowest BCUT2D eigenvalue weighted by atomic mass is 10.1. The van der Waals surface area contributed by atoms with E-state index in [1.807, 2.05) is 54.7 Å². The predicted molar refractivity (Wildman–Crippen MR) is 84.8 cm³/mol. The normalized spacial score (nSPS) is 16.3. The number of nitrogens with one attached hydrogen (secondary N) is 2. The molecule has 2 aromatic carbocycles. The summed E-state index contributed by atoms with van der Waals surface area (Å²) in [6.45, 7) is 0.499. The van der Waals surface area contributed by atoms with Gasteiger partial charge in [-0.1, -0.05) is 36.4 Å². The van der Waals surface area contributed by atoms with Gasteiger partial charge in [0.2, 0.25) is 5.91 Å². The quantitative estimate of drug-likeness (QED) is 0.780. The monoisotopic (exact) mass is 292 g/mol. The highest BCUT2D eigenvalue weighted by atomic mass is 16.5. The second-order valence-electron chi connectivity index (χ2n) is 5.51. The van der Waals surface area contributed by atoms with Crippen LogP contribution in [0.15, 0.2) is 54.7 Å². The Hall–Kier alpha value is -2.75. The fourth-order valence-corrected chi connectivity index (χ4v) is 2.98. The molecule has 4 nitrogen and oxygen atoms in total. The van der Waals surface area contributed by atoms with E-state index in [4.69, 9.17) is 4.74 Å². The van der Waals surface area contributed by atoms with Gasteiger partial charge in [0.15, 0.2) is 0 Å². The molecule has 0 bridgehead atoms. The molecule has 22 heavy (non-hydrogen) atoms. The van der Waals surface area contributed by atoms with E-state index in [1.54, 1.807) is 0 Å². The SMILES string of the molecule is O=C(Cc1c[nH]c2ccccc12)NC1COc2ccccc21. The molecule has 1 atom stereocenters. The summed E-state index contributed by atoms with van der Waals surface area (Å²) in [4.78, 5) is 15.5. The van der Waals surface area contributed by atoms with Crippen molar-refractivity contribution in [1.29, 1.82) is 0 Å². The zero-order chi connectivity index (χ0) is 14.9. The maximum atomic E-state index is 12.3. The number of amides is 1. The molecule has 0 saturated heterocycles. The molecule has 1 aliphatic rings. The van der Waals surface area contributed by atoms with Crippen LogP contribution < -0.4 is 10.1 Å². The van der Waals surface area contributed by atoms with Gasteiger partial charge in [-0.3, -0.25) is 4.79 Å². The standard InChI is InChI=1S/C18H16N2O2/c21-18(9-12-10-19-15-7-3-1-5-13(12)15)20-16-11-22-17-8-4-2-6-14(16)17/h1-8,10,16,19H,9,11H2,(H,20,21). The predicted octanol–water partition coefficient (Wildman–Crippen LogP) is 2.96. The third kappa shape index (κ3) is 2.22. The van der Waals surface area contributed by atoms with Crippen LogP contribution in [0.25, 0.3) is 10.9 Å². The summed E-state index contributed by atoms with van der Waals surface area (Å²) in [6.07, 6.45) is 2.27. The highest BCUT2D eigenvalue weighted by Gasteiger charge is 2.25. The van der Waals surface area contributed by atoms with E-state index in [1.165, 1.54) is 0 Å². The van der Waals surface area contributed by atoms with Crippen molar-refractivity contribution >= 4 is 16.8 Å². The van der Waals surface area contributed by atoms with E-state index in [2.05, 4.69) is 10.3 Å². The number of carbonyl (C=O) groups is 1. The van der Waals surface area contributed by atoms with Crippen LogP contribution >= 0.6 is 0 Å². The van der Waals surface area contributed by atoms with Gasteiger partial charge in [-0.15, -0.1) is 0 Å². The van der Waals surface area contributed by atoms with Gasteiger partial charge in [-0.25, -0.2) is 0 Å². The number of hydrogen-bond donors (Lipinski definition) is 2. The number of aromatic nitrogens is 1. The summed E-state index contributed by atoms with van der Waals surface area (Å²) in [5.41, 5.74) is 3.12. The van der Waals surface area contributed by atoms with E-state index in [9.17, 15) is 4.79 Å². The molecule has 2 N–H and O–H groups in total. The van der Waals surface area contributed by atoms with E-state index in [-0.39, 0.29) is 11.9 Å². The lowest BCUT2D eigenvalue weighted by molar-refractivity contribution is -0.121. The minimum absolute atomic E-state index is 0.00931. The maximum Gasteiger partial charge on any atom is 0.225 e. The first-order valence-electron chi connectivity index (χ1n) is 7.37. The van der Waals surface area contributed by atoms with Crippen LogP contribution in [0.5, 0.6) is 5.75 Å². The van der Waals surface area contributed by atoms with Crippen LogP contribution in [0.2, 0.25) is 0 Å². The Morgan fingerprint density at radius 2 is 2.00 bits per heavy atom. The first-order chi connectivity index (χ1) is 10.8. The molecule has 0 fully saturated rings. The molecule has 0 spiro atoms. The van der Waals surface area contributed by atoms with Crippen molar-refractivity contribution < 1.29 is 9.53 Å². The average molecular weight is 292 g/mol. The Labute approximate surface area is 128 Å². The van der Waals surface area contributed by atoms with Gasteiger partial charge in [-0.05, 0) is 17.7 Å². The molecule has 1 aliphatic heterocycles. The number of rotatable bonds is 3. The molecule has 2 heterocycles. The highest BCUT2D eigenvalue weighted by Crippen LogP contribution is 2.31. The van der Waals surface area contributed by atoms with Gasteiger partial charge in [-0.2, -0.15) is 0 Å². The molecule has 4 heteroatoms. The molecule has 0 aliphatic carbocycles. The van der Waals surface area contributed by atoms with E-state index < -0.39 is 0 Å². The number of aromatic amines is 1. The molecular formula is C18H16N2O2. The van der Waals surface area contributed by atoms with Gasteiger partial charge in [0.05, 0.1) is 12.5 Å². The molecule has 1 amide bonds. The number of hydrogen-bond acceptors (Lipinski definition) is 2. The average Bonchev–Trinajstić information content (AvgIpc) is 3.13. The zero-order valence-corrected chi connectivity index (χ0v) is 12.0. The molecule has 3 aromatic rings. The fourth-order valence-electron chi connectivity index (χ4n) is 2.98. The van der Waals surface area contributed by atoms with E-state index >= 15 is 0 Å². The van der Waals surface area contributed by atoms with Crippen molar-refractivity contribution in [3.8, 4) is 5.75 Å². The number of carbonyl (C=O) groups excluding carboxylic acids is 1. The number of ether oxygens (including phenoxy) is 1. The van der Waals surface area contributed by atoms with Crippen LogP contribution in [-0.2, 0) is 11.2 Å². The Morgan fingerprint density at radius 1 is 1.18 bits per heavy atom. The number of para-hydroxylation sites is 2. The Morgan fingerprint density at radius 3 is 2.95 bits per heavy atom. The molecular weight excluding hydrogens is 276 g/mol. The largest absolute Gasteiger partial charge is 0.491 e. The third-order valence-corrected chi connectivity index (χ3v) is 4.06. The van der Waals surface area contributed by atoms with E-state index in [0.717, 1.165) is 27.8 Å². The summed E-state index contributed by atoms with van der Waals surface area (Å²) >= 11 is 0. The fraction of sp³-hybridized carbons (Fsp3) is 0.167. The minimum Gasteiger partial charge on any atom is -0.491 e. The number of fused-ring (bicyclic) bond motifs is 2. The number of H-pyrrole nitrogens is 1. The van der Waals surface area contributed by atoms with Crippen LogP contribution in [0.1, 0.15) is 17.2 Å². The third-order valence-electron chi connectivity index (χ3n) is 4.06. The summed E-state index contributed by atoms with van der Waals surface area (Å²) in [6, 6.07) is 15.8. The van der Waals surface area contributed by atoms with Crippen LogP contribution in [-0.4, -0.2) is 17.5 Å². The zero-order valence-electron chi connectivity index (χ0n) is 12.0. The van der Waals surface area contributed by atoms with Crippen molar-refractivity contribution in [2.75, 3.05) is 6.61 Å². The second kappa shape index (κ2) is 5.22. The van der Waals surface area contributed by atoms with E-state index in [0.29, 0.717) is 13.0 Å². The van der Waals surface area contributed by atoms with Crippen LogP contribution in [0.3, 0.4) is 0 Å². The molecule has 1 unspecified atom stereocenters. The lowest BCUT2D eigenvalue weighted by Gasteiger charge is -2.11. The molecule has 110 valence electrons. The summed E-state index contributed by atoms with van der Waals surface area (Å²) in [7, 11) is 0. The molecule has 1 aromatic heterocycles. The summed E-state index contributed by atoms with van der Waals surface area (Å²) in [5, 5.41) is 4.16. The highest BCUT2D eigenvalue weighted by molar-refractivity contribution is 5.89. The number of benzene rings is 2. The summed E-state index contributed by atoms with van der Waals surface area (Å²) < 4.78 is 5.60. The van der Waals surface area contributed by atoms with Crippen molar-refractivity contribution in [3.05, 3.63) is 65.9 Å². The molecule has 0 saturated carbocycles. The maximum absolute atomic E-state index is 12.3. The van der Waals surface area contributed by atoms with Gasteiger partial charge in [0.25, 0.3) is 0 Å². The van der Waals surface area contributed by atoms with Crippen molar-refractivity contribution in [2.45, 2.75) is 12.5 Å². The van der Waals surface area contributed by atoms with Gasteiger partial charge >= 0.3 is 0 Å². The van der Waals surface area contributed by atoms with Crippen LogP contribution in [0.4, 0.5) is 0 Å². The second-order valence-corrected chi connectivity index (χ2v) is 5.51. The Balaban J connectivity index is 1.50. The Kier molecular flexibility index (Phi) is 3.07. The molecule has 0 radical (unpaired) electrons. The first kappa shape index (κ1) is 13.0. The van der Waals surface area contributed by atoms with Gasteiger partial charge in [0.1, 0.15) is 12.4 Å². The smallest absolute Gasteiger partial charge is 0.225 e.